The van der Waals surface area contributed by atoms with Crippen LogP contribution in [0.15, 0.2) is 24.3 Å². The summed E-state index contributed by atoms with van der Waals surface area (Å²) < 4.78 is 0. The molecule has 0 saturated carbocycles. The van der Waals surface area contributed by atoms with Crippen LogP contribution in [0, 0.1) is 6.92 Å². The molecule has 0 saturated heterocycles. The maximum atomic E-state index is 11.2. The molecule has 0 fully saturated rings. The zero-order chi connectivity index (χ0) is 12.4. The number of nitrogens with two attached hydrogens (primary N) is 1. The van der Waals surface area contributed by atoms with Crippen molar-refractivity contribution in [3.63, 3.8) is 0 Å². The van der Waals surface area contributed by atoms with Crippen molar-refractivity contribution in [3.05, 3.63) is 35.5 Å². The average Bonchev–Trinajstić information content (AvgIpc) is 2.73. The number of carbonyl (C=O) groups excluding carboxylic acids is 1. The van der Waals surface area contributed by atoms with Gasteiger partial charge in [0.25, 0.3) is 5.91 Å². The first-order valence-corrected chi connectivity index (χ1v) is 5.99. The predicted octanol–water partition coefficient (Wildman–Crippen LogP) is 2.26. The van der Waals surface area contributed by atoms with Crippen LogP contribution < -0.4 is 11.1 Å². The number of benzene rings is 1. The molecule has 0 bridgehead atoms. The maximum absolute atomic E-state index is 11.2. The van der Waals surface area contributed by atoms with E-state index < -0.39 is 5.91 Å². The number of hydrogen-bond donors (Lipinski definition) is 2. The zero-order valence-corrected chi connectivity index (χ0v) is 10.5. The summed E-state index contributed by atoms with van der Waals surface area (Å²) in [6.45, 7) is 2.02. The molecule has 1 amide bonds. The monoisotopic (exact) mass is 247 g/mol. The van der Waals surface area contributed by atoms with Crippen LogP contribution in [-0.4, -0.2) is 17.9 Å². The second kappa shape index (κ2) is 4.55. The minimum absolute atomic E-state index is 0.300. The third kappa shape index (κ3) is 2.29. The van der Waals surface area contributed by atoms with Crippen molar-refractivity contribution in [2.75, 3.05) is 12.4 Å². The molecule has 4 nitrogen and oxygen atoms in total. The lowest BCUT2D eigenvalue weighted by molar-refractivity contribution is 0.0997. The Kier molecular flexibility index (Phi) is 3.10. The van der Waals surface area contributed by atoms with Gasteiger partial charge in [-0.1, -0.05) is 35.1 Å². The molecule has 0 aliphatic carbocycles. The molecule has 0 aliphatic heterocycles. The molecule has 0 aliphatic rings. The normalized spacial score (nSPS) is 10.2. The first-order chi connectivity index (χ1) is 8.11. The SMILES string of the molecule is CNc1sc(-c2cccc(C)c2)nc1C(N)=O. The Balaban J connectivity index is 2.50. The molecule has 5 heteroatoms. The zero-order valence-electron chi connectivity index (χ0n) is 9.65. The van der Waals surface area contributed by atoms with Gasteiger partial charge < -0.3 is 11.1 Å². The molecule has 0 spiro atoms. The first-order valence-electron chi connectivity index (χ1n) is 5.17. The Morgan fingerprint density at radius 3 is 2.76 bits per heavy atom. The van der Waals surface area contributed by atoms with Gasteiger partial charge in [0.05, 0.1) is 0 Å². The van der Waals surface area contributed by atoms with Crippen molar-refractivity contribution in [1.82, 2.24) is 4.98 Å². The summed E-state index contributed by atoms with van der Waals surface area (Å²) in [5, 5.41) is 4.44. The van der Waals surface area contributed by atoms with E-state index in [0.29, 0.717) is 10.7 Å². The van der Waals surface area contributed by atoms with Gasteiger partial charge in [0.1, 0.15) is 10.0 Å². The van der Waals surface area contributed by atoms with Crippen molar-refractivity contribution >= 4 is 22.2 Å². The van der Waals surface area contributed by atoms with Crippen molar-refractivity contribution in [3.8, 4) is 10.6 Å². The van der Waals surface area contributed by atoms with Crippen molar-refractivity contribution in [2.24, 2.45) is 5.73 Å². The molecule has 0 radical (unpaired) electrons. The van der Waals surface area contributed by atoms with E-state index in [4.69, 9.17) is 5.73 Å². The van der Waals surface area contributed by atoms with Gasteiger partial charge in [-0.25, -0.2) is 4.98 Å². The van der Waals surface area contributed by atoms with Crippen LogP contribution in [-0.2, 0) is 0 Å². The Labute approximate surface area is 103 Å². The van der Waals surface area contributed by atoms with Gasteiger partial charge >= 0.3 is 0 Å². The molecule has 2 aromatic rings. The molecule has 3 N–H and O–H groups in total. The van der Waals surface area contributed by atoms with Gasteiger partial charge in [0.2, 0.25) is 0 Å². The number of anilines is 1. The van der Waals surface area contributed by atoms with Gasteiger partial charge in [0.15, 0.2) is 5.69 Å². The summed E-state index contributed by atoms with van der Waals surface area (Å²) in [4.78, 5) is 15.5. The van der Waals surface area contributed by atoms with E-state index in [1.54, 1.807) is 7.05 Å². The highest BCUT2D eigenvalue weighted by Gasteiger charge is 2.15. The Morgan fingerprint density at radius 1 is 1.47 bits per heavy atom. The van der Waals surface area contributed by atoms with Crippen LogP contribution in [0.3, 0.4) is 0 Å². The molecule has 88 valence electrons. The third-order valence-corrected chi connectivity index (χ3v) is 3.47. The number of hydrogen-bond acceptors (Lipinski definition) is 4. The van der Waals surface area contributed by atoms with E-state index in [-0.39, 0.29) is 0 Å². The summed E-state index contributed by atoms with van der Waals surface area (Å²) in [7, 11) is 1.75. The molecule has 17 heavy (non-hydrogen) atoms. The number of rotatable bonds is 3. The van der Waals surface area contributed by atoms with Crippen molar-refractivity contribution in [2.45, 2.75) is 6.92 Å². The summed E-state index contributed by atoms with van der Waals surface area (Å²) in [5.74, 6) is -0.510. The number of aromatic nitrogens is 1. The minimum atomic E-state index is -0.510. The van der Waals surface area contributed by atoms with Crippen LogP contribution in [0.4, 0.5) is 5.00 Å². The molecular formula is C12H13N3OS. The second-order valence-corrected chi connectivity index (χ2v) is 4.68. The second-order valence-electron chi connectivity index (χ2n) is 3.68. The van der Waals surface area contributed by atoms with Crippen LogP contribution in [0.5, 0.6) is 0 Å². The van der Waals surface area contributed by atoms with Gasteiger partial charge in [-0.15, -0.1) is 0 Å². The molecular weight excluding hydrogens is 234 g/mol. The van der Waals surface area contributed by atoms with Crippen molar-refractivity contribution in [1.29, 1.82) is 0 Å². The highest BCUT2D eigenvalue weighted by atomic mass is 32.1. The van der Waals surface area contributed by atoms with Gasteiger partial charge in [-0.05, 0) is 13.0 Å². The number of nitrogens with zero attached hydrogens (tertiary/aromatic N) is 1. The summed E-state index contributed by atoms with van der Waals surface area (Å²) >= 11 is 1.43. The minimum Gasteiger partial charge on any atom is -0.378 e. The van der Waals surface area contributed by atoms with Gasteiger partial charge in [0, 0.05) is 12.6 Å². The lowest BCUT2D eigenvalue weighted by Crippen LogP contribution is -2.13. The summed E-state index contributed by atoms with van der Waals surface area (Å²) in [6, 6.07) is 7.99. The molecule has 0 atom stereocenters. The fourth-order valence-corrected chi connectivity index (χ4v) is 2.48. The predicted molar refractivity (Wildman–Crippen MR) is 70.4 cm³/mol. The smallest absolute Gasteiger partial charge is 0.270 e. The molecule has 1 aromatic carbocycles. The number of carbonyl (C=O) groups is 1. The topological polar surface area (TPSA) is 68.0 Å². The maximum Gasteiger partial charge on any atom is 0.270 e. The summed E-state index contributed by atoms with van der Waals surface area (Å²) in [6.07, 6.45) is 0. The van der Waals surface area contributed by atoms with E-state index in [1.807, 2.05) is 31.2 Å². The fraction of sp³-hybridized carbons (Fsp3) is 0.167. The van der Waals surface area contributed by atoms with E-state index in [9.17, 15) is 4.79 Å². The van der Waals surface area contributed by atoms with E-state index in [1.165, 1.54) is 11.3 Å². The number of nitrogens with one attached hydrogen (secondary N) is 1. The number of aryl methyl sites for hydroxylation is 1. The molecule has 2 rings (SSSR count). The highest BCUT2D eigenvalue weighted by Crippen LogP contribution is 2.31. The van der Waals surface area contributed by atoms with E-state index in [0.717, 1.165) is 16.1 Å². The third-order valence-electron chi connectivity index (χ3n) is 2.35. The van der Waals surface area contributed by atoms with Crippen LogP contribution in [0.1, 0.15) is 16.1 Å². The van der Waals surface area contributed by atoms with Gasteiger partial charge in [-0.3, -0.25) is 4.79 Å². The van der Waals surface area contributed by atoms with E-state index in [2.05, 4.69) is 10.3 Å². The lowest BCUT2D eigenvalue weighted by atomic mass is 10.1. The number of thiazole rings is 1. The fourth-order valence-electron chi connectivity index (χ4n) is 1.56. The standard InChI is InChI=1S/C12H13N3OS/c1-7-4-3-5-8(6-7)11-15-9(10(13)16)12(14-2)17-11/h3-6,14H,1-2H3,(H2,13,16). The first kappa shape index (κ1) is 11.6. The summed E-state index contributed by atoms with van der Waals surface area (Å²) in [5.41, 5.74) is 7.73. The van der Waals surface area contributed by atoms with Crippen LogP contribution in [0.2, 0.25) is 0 Å². The van der Waals surface area contributed by atoms with Crippen LogP contribution >= 0.6 is 11.3 Å². The molecule has 1 aromatic heterocycles. The largest absolute Gasteiger partial charge is 0.378 e. The van der Waals surface area contributed by atoms with Crippen LogP contribution in [0.25, 0.3) is 10.6 Å². The Bertz CT molecular complexity index is 563. The average molecular weight is 247 g/mol. The molecule has 0 unspecified atom stereocenters. The van der Waals surface area contributed by atoms with Crippen molar-refractivity contribution < 1.29 is 4.79 Å². The highest BCUT2D eigenvalue weighted by molar-refractivity contribution is 7.19. The Morgan fingerprint density at radius 2 is 2.24 bits per heavy atom. The van der Waals surface area contributed by atoms with Gasteiger partial charge in [-0.2, -0.15) is 0 Å². The quantitative estimate of drug-likeness (QED) is 0.874. The van der Waals surface area contributed by atoms with E-state index >= 15 is 0 Å². The lowest BCUT2D eigenvalue weighted by Gasteiger charge is -1.96. The number of amides is 1. The Hall–Kier alpha value is -1.88. The molecule has 1 heterocycles. The number of primary amides is 1.